The quantitative estimate of drug-likeness (QED) is 0.691. The van der Waals surface area contributed by atoms with Gasteiger partial charge in [-0.15, -0.1) is 0 Å². The van der Waals surface area contributed by atoms with Crippen molar-refractivity contribution >= 4 is 17.4 Å². The second-order valence-electron chi connectivity index (χ2n) is 7.14. The smallest absolute Gasteiger partial charge is 0.319 e. The monoisotopic (exact) mass is 397 g/mol. The number of amides is 2. The highest BCUT2D eigenvalue weighted by Gasteiger charge is 2.11. The molecule has 0 aliphatic carbocycles. The predicted molar refractivity (Wildman–Crippen MR) is 117 cm³/mol. The van der Waals surface area contributed by atoms with Crippen LogP contribution in [0.2, 0.25) is 0 Å². The highest BCUT2D eigenvalue weighted by Crippen LogP contribution is 2.28. The van der Waals surface area contributed by atoms with Crippen molar-refractivity contribution in [2.75, 3.05) is 43.6 Å². The molecular weight excluding hydrogens is 366 g/mol. The maximum Gasteiger partial charge on any atom is 0.319 e. The van der Waals surface area contributed by atoms with E-state index in [1.54, 1.807) is 7.11 Å². The molecule has 0 unspecified atom stereocenters. The van der Waals surface area contributed by atoms with Crippen LogP contribution in [0.5, 0.6) is 11.5 Å². The van der Waals surface area contributed by atoms with Crippen LogP contribution >= 0.6 is 0 Å². The van der Waals surface area contributed by atoms with E-state index in [4.69, 9.17) is 9.47 Å². The molecule has 0 atom stereocenters. The minimum absolute atomic E-state index is 0.200. The highest BCUT2D eigenvalue weighted by atomic mass is 16.5. The lowest BCUT2D eigenvalue weighted by Gasteiger charge is -2.28. The van der Waals surface area contributed by atoms with E-state index in [-0.39, 0.29) is 6.03 Å². The SMILES string of the molecule is CCOc1ccc(CCNC(=O)Nc2ccc(N3CCCCC3)cc2)cc1OC. The summed E-state index contributed by atoms with van der Waals surface area (Å²) in [5, 5.41) is 5.80. The topological polar surface area (TPSA) is 62.8 Å². The number of urea groups is 1. The Balaban J connectivity index is 1.45. The van der Waals surface area contributed by atoms with Gasteiger partial charge in [0.2, 0.25) is 0 Å². The standard InChI is InChI=1S/C23H31N3O3/c1-3-29-21-12-7-18(17-22(21)28-2)13-14-24-23(27)25-19-8-10-20(11-9-19)26-15-5-4-6-16-26/h7-12,17H,3-6,13-16H2,1-2H3,(H2,24,25,27). The average Bonchev–Trinajstić information content (AvgIpc) is 2.76. The molecule has 1 aliphatic rings. The fourth-order valence-electron chi connectivity index (χ4n) is 3.55. The zero-order valence-electron chi connectivity index (χ0n) is 17.4. The maximum atomic E-state index is 12.2. The summed E-state index contributed by atoms with van der Waals surface area (Å²) in [6.07, 6.45) is 4.54. The molecule has 3 rings (SSSR count). The van der Waals surface area contributed by atoms with E-state index in [1.807, 2.05) is 37.3 Å². The van der Waals surface area contributed by atoms with Crippen LogP contribution in [-0.2, 0) is 6.42 Å². The van der Waals surface area contributed by atoms with E-state index in [2.05, 4.69) is 27.7 Å². The maximum absolute atomic E-state index is 12.2. The van der Waals surface area contributed by atoms with Crippen molar-refractivity contribution in [2.24, 2.45) is 0 Å². The number of nitrogens with zero attached hydrogens (tertiary/aromatic N) is 1. The van der Waals surface area contributed by atoms with Crippen molar-refractivity contribution in [3.63, 3.8) is 0 Å². The van der Waals surface area contributed by atoms with Gasteiger partial charge in [0.1, 0.15) is 0 Å². The normalized spacial score (nSPS) is 13.7. The first-order chi connectivity index (χ1) is 14.2. The largest absolute Gasteiger partial charge is 0.493 e. The molecule has 0 spiro atoms. The third-order valence-corrected chi connectivity index (χ3v) is 5.07. The van der Waals surface area contributed by atoms with E-state index in [9.17, 15) is 4.79 Å². The summed E-state index contributed by atoms with van der Waals surface area (Å²) in [6, 6.07) is 13.7. The molecule has 6 nitrogen and oxygen atoms in total. The van der Waals surface area contributed by atoms with Gasteiger partial charge < -0.3 is 25.0 Å². The molecule has 1 saturated heterocycles. The lowest BCUT2D eigenvalue weighted by atomic mass is 10.1. The Kier molecular flexibility index (Phi) is 7.61. The Morgan fingerprint density at radius 2 is 1.79 bits per heavy atom. The first-order valence-electron chi connectivity index (χ1n) is 10.4. The lowest BCUT2D eigenvalue weighted by Crippen LogP contribution is -2.30. The minimum Gasteiger partial charge on any atom is -0.493 e. The second-order valence-corrected chi connectivity index (χ2v) is 7.14. The molecule has 1 fully saturated rings. The van der Waals surface area contributed by atoms with Gasteiger partial charge in [-0.3, -0.25) is 0 Å². The Morgan fingerprint density at radius 1 is 1.03 bits per heavy atom. The zero-order valence-corrected chi connectivity index (χ0v) is 17.4. The summed E-state index contributed by atoms with van der Waals surface area (Å²) in [7, 11) is 1.63. The van der Waals surface area contributed by atoms with Crippen LogP contribution in [0.25, 0.3) is 0 Å². The van der Waals surface area contributed by atoms with Gasteiger partial charge >= 0.3 is 6.03 Å². The Labute approximate surface area is 173 Å². The van der Waals surface area contributed by atoms with Gasteiger partial charge in [0.15, 0.2) is 11.5 Å². The molecule has 156 valence electrons. The molecule has 2 amide bonds. The molecule has 2 aromatic rings. The van der Waals surface area contributed by atoms with E-state index >= 15 is 0 Å². The van der Waals surface area contributed by atoms with Gasteiger partial charge in [-0.05, 0) is 74.6 Å². The number of piperidine rings is 1. The molecule has 1 heterocycles. The van der Waals surface area contributed by atoms with Crippen molar-refractivity contribution in [1.82, 2.24) is 5.32 Å². The first-order valence-corrected chi connectivity index (χ1v) is 10.4. The van der Waals surface area contributed by atoms with Gasteiger partial charge in [-0.1, -0.05) is 6.07 Å². The average molecular weight is 398 g/mol. The van der Waals surface area contributed by atoms with Gasteiger partial charge in [-0.25, -0.2) is 4.79 Å². The number of anilines is 2. The van der Waals surface area contributed by atoms with Crippen LogP contribution < -0.4 is 25.0 Å². The summed E-state index contributed by atoms with van der Waals surface area (Å²) in [5.41, 5.74) is 3.10. The number of benzene rings is 2. The van der Waals surface area contributed by atoms with E-state index in [1.165, 1.54) is 24.9 Å². The Hall–Kier alpha value is -2.89. The number of carbonyl (C=O) groups excluding carboxylic acids is 1. The molecule has 0 saturated carbocycles. The van der Waals surface area contributed by atoms with E-state index in [0.29, 0.717) is 25.3 Å². The number of ether oxygens (including phenoxy) is 2. The van der Waals surface area contributed by atoms with Crippen molar-refractivity contribution in [1.29, 1.82) is 0 Å². The van der Waals surface area contributed by atoms with Crippen molar-refractivity contribution in [2.45, 2.75) is 32.6 Å². The molecule has 29 heavy (non-hydrogen) atoms. The fraction of sp³-hybridized carbons (Fsp3) is 0.435. The summed E-state index contributed by atoms with van der Waals surface area (Å²) < 4.78 is 10.9. The summed E-state index contributed by atoms with van der Waals surface area (Å²) in [4.78, 5) is 14.6. The molecule has 2 N–H and O–H groups in total. The number of rotatable bonds is 8. The highest BCUT2D eigenvalue weighted by molar-refractivity contribution is 5.89. The lowest BCUT2D eigenvalue weighted by molar-refractivity contribution is 0.252. The van der Waals surface area contributed by atoms with Crippen molar-refractivity contribution in [3.05, 3.63) is 48.0 Å². The number of nitrogens with one attached hydrogen (secondary N) is 2. The number of carbonyl (C=O) groups is 1. The third kappa shape index (κ3) is 6.04. The Morgan fingerprint density at radius 3 is 2.48 bits per heavy atom. The van der Waals surface area contributed by atoms with Crippen LogP contribution in [0.1, 0.15) is 31.7 Å². The van der Waals surface area contributed by atoms with Crippen LogP contribution in [-0.4, -0.2) is 39.4 Å². The molecule has 2 aromatic carbocycles. The molecule has 0 radical (unpaired) electrons. The van der Waals surface area contributed by atoms with E-state index in [0.717, 1.165) is 30.1 Å². The summed E-state index contributed by atoms with van der Waals surface area (Å²) in [6.45, 7) is 5.30. The van der Waals surface area contributed by atoms with Gasteiger partial charge in [0.05, 0.1) is 13.7 Å². The summed E-state index contributed by atoms with van der Waals surface area (Å²) >= 11 is 0. The summed E-state index contributed by atoms with van der Waals surface area (Å²) in [5.74, 6) is 1.44. The van der Waals surface area contributed by atoms with Gasteiger partial charge in [0.25, 0.3) is 0 Å². The van der Waals surface area contributed by atoms with Crippen LogP contribution in [0.15, 0.2) is 42.5 Å². The first kappa shape index (κ1) is 20.8. The van der Waals surface area contributed by atoms with Crippen molar-refractivity contribution < 1.29 is 14.3 Å². The molecule has 6 heteroatoms. The van der Waals surface area contributed by atoms with E-state index < -0.39 is 0 Å². The van der Waals surface area contributed by atoms with Gasteiger partial charge in [-0.2, -0.15) is 0 Å². The van der Waals surface area contributed by atoms with Crippen LogP contribution in [0, 0.1) is 0 Å². The number of methoxy groups -OCH3 is 1. The fourth-order valence-corrected chi connectivity index (χ4v) is 3.55. The molecule has 1 aliphatic heterocycles. The molecule has 0 bridgehead atoms. The van der Waals surface area contributed by atoms with Gasteiger partial charge in [0, 0.05) is 31.0 Å². The number of hydrogen-bond donors (Lipinski definition) is 2. The number of hydrogen-bond acceptors (Lipinski definition) is 4. The third-order valence-electron chi connectivity index (χ3n) is 5.07. The second kappa shape index (κ2) is 10.6. The molecule has 0 aromatic heterocycles. The predicted octanol–water partition coefficient (Wildman–Crippen LogP) is 4.45. The molecular formula is C23H31N3O3. The zero-order chi connectivity index (χ0) is 20.5. The van der Waals surface area contributed by atoms with Crippen LogP contribution in [0.3, 0.4) is 0 Å². The van der Waals surface area contributed by atoms with Crippen molar-refractivity contribution in [3.8, 4) is 11.5 Å². The Bertz CT molecular complexity index is 786. The van der Waals surface area contributed by atoms with Crippen LogP contribution in [0.4, 0.5) is 16.2 Å². The minimum atomic E-state index is -0.200.